The SMILES string of the molecule is C=C1CC[C@@H]2[C@@](C)(CO[C@H]3O[C@H](CO)[C@@H](O)[C@@H](O)[C@H]3O)CCC[C@]2(C)[C@@H]1CCC1=CCOC1=O. The van der Waals surface area contributed by atoms with E-state index in [-0.39, 0.29) is 16.8 Å². The summed E-state index contributed by atoms with van der Waals surface area (Å²) in [5.41, 5.74) is 1.87. The summed E-state index contributed by atoms with van der Waals surface area (Å²) in [4.78, 5) is 11.9. The van der Waals surface area contributed by atoms with Gasteiger partial charge in [-0.2, -0.15) is 0 Å². The van der Waals surface area contributed by atoms with E-state index in [1.54, 1.807) is 0 Å². The first-order valence-corrected chi connectivity index (χ1v) is 12.6. The summed E-state index contributed by atoms with van der Waals surface area (Å²) in [6.45, 7) is 9.21. The van der Waals surface area contributed by atoms with E-state index in [0.29, 0.717) is 31.5 Å². The lowest BCUT2D eigenvalue weighted by atomic mass is 9.47. The molecule has 2 heterocycles. The second kappa shape index (κ2) is 9.99. The molecule has 4 rings (SSSR count). The molecule has 0 aromatic rings. The molecule has 2 saturated carbocycles. The lowest BCUT2D eigenvalue weighted by Crippen LogP contribution is -2.60. The maximum atomic E-state index is 11.9. The predicted molar refractivity (Wildman–Crippen MR) is 123 cm³/mol. The van der Waals surface area contributed by atoms with Crippen LogP contribution in [0.4, 0.5) is 0 Å². The Morgan fingerprint density at radius 3 is 2.62 bits per heavy atom. The third-order valence-corrected chi connectivity index (χ3v) is 9.08. The molecule has 192 valence electrons. The first-order chi connectivity index (χ1) is 16.1. The Balaban J connectivity index is 1.46. The number of aliphatic hydroxyl groups is 4. The molecule has 8 nitrogen and oxygen atoms in total. The van der Waals surface area contributed by atoms with Gasteiger partial charge in [0.25, 0.3) is 0 Å². The van der Waals surface area contributed by atoms with Gasteiger partial charge in [-0.15, -0.1) is 0 Å². The molecule has 0 spiro atoms. The fourth-order valence-corrected chi connectivity index (χ4v) is 7.17. The average Bonchev–Trinajstić information content (AvgIpc) is 3.21. The molecule has 34 heavy (non-hydrogen) atoms. The molecule has 0 aromatic heterocycles. The summed E-state index contributed by atoms with van der Waals surface area (Å²) < 4.78 is 16.7. The lowest BCUT2D eigenvalue weighted by Gasteiger charge is -2.59. The van der Waals surface area contributed by atoms with Crippen LogP contribution in [0.2, 0.25) is 0 Å². The van der Waals surface area contributed by atoms with Crippen molar-refractivity contribution >= 4 is 5.97 Å². The van der Waals surface area contributed by atoms with Gasteiger partial charge in [0, 0.05) is 5.57 Å². The maximum absolute atomic E-state index is 11.9. The highest BCUT2D eigenvalue weighted by atomic mass is 16.7. The first-order valence-electron chi connectivity index (χ1n) is 12.6. The third kappa shape index (κ3) is 4.61. The summed E-state index contributed by atoms with van der Waals surface area (Å²) in [6.07, 6.45) is 2.15. The van der Waals surface area contributed by atoms with Crippen molar-refractivity contribution in [3.05, 3.63) is 23.8 Å². The molecule has 0 radical (unpaired) electrons. The fourth-order valence-electron chi connectivity index (χ4n) is 7.17. The minimum Gasteiger partial charge on any atom is -0.458 e. The van der Waals surface area contributed by atoms with Gasteiger partial charge in [-0.3, -0.25) is 0 Å². The Labute approximate surface area is 201 Å². The molecule has 3 fully saturated rings. The molecule has 0 aromatic carbocycles. The highest BCUT2D eigenvalue weighted by Gasteiger charge is 2.55. The number of cyclic esters (lactones) is 1. The number of hydrogen-bond donors (Lipinski definition) is 4. The van der Waals surface area contributed by atoms with Crippen molar-refractivity contribution in [1.29, 1.82) is 0 Å². The van der Waals surface area contributed by atoms with E-state index in [0.717, 1.165) is 44.1 Å². The van der Waals surface area contributed by atoms with Crippen molar-refractivity contribution in [1.82, 2.24) is 0 Å². The number of rotatable bonds is 7. The van der Waals surface area contributed by atoms with Crippen molar-refractivity contribution in [2.75, 3.05) is 19.8 Å². The van der Waals surface area contributed by atoms with E-state index in [1.807, 2.05) is 6.08 Å². The summed E-state index contributed by atoms with van der Waals surface area (Å²) in [7, 11) is 0. The summed E-state index contributed by atoms with van der Waals surface area (Å²) in [6, 6.07) is 0. The third-order valence-electron chi connectivity index (χ3n) is 9.08. The summed E-state index contributed by atoms with van der Waals surface area (Å²) in [5.74, 6) is 0.454. The minimum atomic E-state index is -1.45. The van der Waals surface area contributed by atoms with E-state index < -0.39 is 37.3 Å². The van der Waals surface area contributed by atoms with Gasteiger partial charge in [-0.25, -0.2) is 4.79 Å². The van der Waals surface area contributed by atoms with Gasteiger partial charge in [-0.05, 0) is 67.3 Å². The van der Waals surface area contributed by atoms with E-state index in [9.17, 15) is 25.2 Å². The number of carbonyl (C=O) groups is 1. The highest BCUT2D eigenvalue weighted by Crippen LogP contribution is 2.62. The fraction of sp³-hybridized carbons (Fsp3) is 0.808. The number of ether oxygens (including phenoxy) is 3. The highest BCUT2D eigenvalue weighted by molar-refractivity contribution is 5.90. The number of esters is 1. The van der Waals surface area contributed by atoms with Gasteiger partial charge in [0.05, 0.1) is 13.2 Å². The predicted octanol–water partition coefficient (Wildman–Crippen LogP) is 1.85. The Morgan fingerprint density at radius 2 is 1.94 bits per heavy atom. The first kappa shape index (κ1) is 25.8. The van der Waals surface area contributed by atoms with Crippen LogP contribution >= 0.6 is 0 Å². The van der Waals surface area contributed by atoms with Crippen LogP contribution in [0, 0.1) is 22.7 Å². The monoisotopic (exact) mass is 480 g/mol. The smallest absolute Gasteiger partial charge is 0.334 e. The maximum Gasteiger partial charge on any atom is 0.334 e. The van der Waals surface area contributed by atoms with Crippen molar-refractivity contribution in [3.63, 3.8) is 0 Å². The van der Waals surface area contributed by atoms with E-state index >= 15 is 0 Å². The standard InChI is InChI=1S/C26H40O8/c1-15-5-8-19-25(2,14-33-24-22(30)21(29)20(28)18(13-27)34-24)10-4-11-26(19,3)17(15)7-6-16-9-12-32-23(16)31/h9,17-22,24,27-30H,1,4-8,10-14H2,2-3H3/t17-,18-,19-,20-,21-,22-,24+,25-,26-/m1/s1. The van der Waals surface area contributed by atoms with Crippen LogP contribution in [-0.2, 0) is 19.0 Å². The van der Waals surface area contributed by atoms with Crippen LogP contribution in [0.5, 0.6) is 0 Å². The van der Waals surface area contributed by atoms with Gasteiger partial charge in [-0.1, -0.05) is 32.4 Å². The Morgan fingerprint density at radius 1 is 1.18 bits per heavy atom. The number of allylic oxidation sites excluding steroid dienone is 1. The largest absolute Gasteiger partial charge is 0.458 e. The molecule has 1 saturated heterocycles. The zero-order valence-corrected chi connectivity index (χ0v) is 20.3. The molecular weight excluding hydrogens is 440 g/mol. The molecule has 8 heteroatoms. The van der Waals surface area contributed by atoms with Gasteiger partial charge >= 0.3 is 5.97 Å². The second-order valence-electron chi connectivity index (χ2n) is 11.2. The zero-order chi connectivity index (χ0) is 24.7. The summed E-state index contributed by atoms with van der Waals surface area (Å²) in [5, 5.41) is 40.0. The quantitative estimate of drug-likeness (QED) is 0.321. The van der Waals surface area contributed by atoms with E-state index in [2.05, 4.69) is 20.4 Å². The van der Waals surface area contributed by atoms with Crippen molar-refractivity contribution in [2.24, 2.45) is 22.7 Å². The molecule has 2 aliphatic carbocycles. The zero-order valence-electron chi connectivity index (χ0n) is 20.3. The lowest BCUT2D eigenvalue weighted by molar-refractivity contribution is -0.309. The van der Waals surface area contributed by atoms with Crippen molar-refractivity contribution in [3.8, 4) is 0 Å². The van der Waals surface area contributed by atoms with Crippen LogP contribution in [0.25, 0.3) is 0 Å². The number of fused-ring (bicyclic) bond motifs is 1. The van der Waals surface area contributed by atoms with E-state index in [1.165, 1.54) is 5.57 Å². The van der Waals surface area contributed by atoms with Crippen LogP contribution in [-0.4, -0.2) is 76.9 Å². The number of hydrogen-bond acceptors (Lipinski definition) is 8. The Hall–Kier alpha value is -1.29. The van der Waals surface area contributed by atoms with Gasteiger partial charge in [0.15, 0.2) is 6.29 Å². The van der Waals surface area contributed by atoms with E-state index in [4.69, 9.17) is 14.2 Å². The van der Waals surface area contributed by atoms with Crippen molar-refractivity contribution in [2.45, 2.75) is 89.5 Å². The van der Waals surface area contributed by atoms with Gasteiger partial charge in [0.1, 0.15) is 31.0 Å². The molecule has 0 bridgehead atoms. The van der Waals surface area contributed by atoms with Gasteiger partial charge in [0.2, 0.25) is 0 Å². The number of aliphatic hydroxyl groups excluding tert-OH is 4. The molecule has 9 atom stereocenters. The second-order valence-corrected chi connectivity index (χ2v) is 11.2. The Kier molecular flexibility index (Phi) is 7.58. The van der Waals surface area contributed by atoms with Crippen LogP contribution in [0.15, 0.2) is 23.8 Å². The van der Waals surface area contributed by atoms with Gasteiger partial charge < -0.3 is 34.6 Å². The minimum absolute atomic E-state index is 0.0180. The summed E-state index contributed by atoms with van der Waals surface area (Å²) >= 11 is 0. The molecule has 0 unspecified atom stereocenters. The topological polar surface area (TPSA) is 126 Å². The molecular formula is C26H40O8. The molecule has 2 aliphatic heterocycles. The number of carbonyl (C=O) groups excluding carboxylic acids is 1. The van der Waals surface area contributed by atoms with Crippen LogP contribution in [0.1, 0.15) is 58.8 Å². The Bertz CT molecular complexity index is 809. The normalized spacial score (nSPS) is 45.0. The molecule has 4 N–H and O–H groups in total. The van der Waals surface area contributed by atoms with Crippen molar-refractivity contribution < 1.29 is 39.4 Å². The van der Waals surface area contributed by atoms with Crippen LogP contribution < -0.4 is 0 Å². The molecule has 4 aliphatic rings. The average molecular weight is 481 g/mol. The van der Waals surface area contributed by atoms with Crippen LogP contribution in [0.3, 0.4) is 0 Å². The molecule has 0 amide bonds.